The number of thioether (sulfide) groups is 1. The van der Waals surface area contributed by atoms with Gasteiger partial charge < -0.3 is 15.8 Å². The fourth-order valence-corrected chi connectivity index (χ4v) is 3.11. The number of primary amides is 1. The molecule has 0 aromatic heterocycles. The predicted octanol–water partition coefficient (Wildman–Crippen LogP) is 3.91. The molecule has 2 rings (SSSR count). The van der Waals surface area contributed by atoms with Crippen LogP contribution in [0.2, 0.25) is 5.02 Å². The Hall–Kier alpha value is -2.25. The molecule has 0 heterocycles. The zero-order valence-corrected chi connectivity index (χ0v) is 15.4. The van der Waals surface area contributed by atoms with Crippen molar-refractivity contribution in [2.75, 3.05) is 12.4 Å². The molecule has 5 nitrogen and oxygen atoms in total. The van der Waals surface area contributed by atoms with Crippen molar-refractivity contribution < 1.29 is 18.7 Å². The monoisotopic (exact) mass is 396 g/mol. The van der Waals surface area contributed by atoms with Gasteiger partial charge in [0.15, 0.2) is 0 Å². The van der Waals surface area contributed by atoms with Gasteiger partial charge in [-0.05, 0) is 29.8 Å². The van der Waals surface area contributed by atoms with Crippen molar-refractivity contribution >= 4 is 35.4 Å². The molecule has 1 atom stereocenters. The number of rotatable bonds is 8. The minimum atomic E-state index is -0.743. The smallest absolute Gasteiger partial charge is 0.312 e. The molecule has 0 fully saturated rings. The van der Waals surface area contributed by atoms with Gasteiger partial charge in [-0.25, -0.2) is 9.18 Å². The van der Waals surface area contributed by atoms with Crippen LogP contribution in [0.15, 0.2) is 53.4 Å². The summed E-state index contributed by atoms with van der Waals surface area (Å²) < 4.78 is 18.7. The molecule has 0 spiro atoms. The van der Waals surface area contributed by atoms with Gasteiger partial charge in [0.05, 0.1) is 12.5 Å². The lowest BCUT2D eigenvalue weighted by atomic mass is 10.0. The van der Waals surface area contributed by atoms with E-state index in [0.29, 0.717) is 21.2 Å². The number of carbonyl (C=O) groups is 2. The van der Waals surface area contributed by atoms with Crippen LogP contribution in [0.3, 0.4) is 0 Å². The van der Waals surface area contributed by atoms with E-state index >= 15 is 0 Å². The van der Waals surface area contributed by atoms with Crippen LogP contribution in [0.4, 0.5) is 9.18 Å². The van der Waals surface area contributed by atoms with Crippen molar-refractivity contribution in [2.45, 2.75) is 17.4 Å². The van der Waals surface area contributed by atoms with Crippen molar-refractivity contribution in [1.29, 1.82) is 0 Å². The Labute approximate surface area is 160 Å². The van der Waals surface area contributed by atoms with Crippen molar-refractivity contribution in [1.82, 2.24) is 5.32 Å². The Morgan fingerprint density at radius 3 is 2.54 bits per heavy atom. The SMILES string of the molecule is NC(=O)N[C@@H](CC(=O)OCCSc1ccccc1F)c1ccc(Cl)cc1. The van der Waals surface area contributed by atoms with Crippen LogP contribution in [0.1, 0.15) is 18.0 Å². The number of hydrogen-bond acceptors (Lipinski definition) is 4. The maximum atomic E-state index is 13.5. The van der Waals surface area contributed by atoms with Gasteiger partial charge in [-0.2, -0.15) is 0 Å². The maximum absolute atomic E-state index is 13.5. The van der Waals surface area contributed by atoms with Crippen LogP contribution in [0.25, 0.3) is 0 Å². The average Bonchev–Trinajstić information content (AvgIpc) is 2.60. The van der Waals surface area contributed by atoms with E-state index in [0.717, 1.165) is 0 Å². The van der Waals surface area contributed by atoms with E-state index in [2.05, 4.69) is 5.32 Å². The lowest BCUT2D eigenvalue weighted by Crippen LogP contribution is -2.34. The first-order chi connectivity index (χ1) is 12.5. The first kappa shape index (κ1) is 20.1. The van der Waals surface area contributed by atoms with Crippen LogP contribution >= 0.6 is 23.4 Å². The topological polar surface area (TPSA) is 81.4 Å². The lowest BCUT2D eigenvalue weighted by Gasteiger charge is -2.17. The number of carbonyl (C=O) groups excluding carboxylic acids is 2. The van der Waals surface area contributed by atoms with Crippen LogP contribution in [0.5, 0.6) is 0 Å². The summed E-state index contributed by atoms with van der Waals surface area (Å²) in [6, 6.07) is 11.7. The van der Waals surface area contributed by atoms with E-state index < -0.39 is 18.0 Å². The van der Waals surface area contributed by atoms with Crippen molar-refractivity contribution in [3.05, 3.63) is 64.9 Å². The Balaban J connectivity index is 1.84. The second-order valence-corrected chi connectivity index (χ2v) is 6.89. The minimum Gasteiger partial charge on any atom is -0.465 e. The summed E-state index contributed by atoms with van der Waals surface area (Å²) in [7, 11) is 0. The normalized spacial score (nSPS) is 11.6. The van der Waals surface area contributed by atoms with Crippen LogP contribution in [-0.4, -0.2) is 24.4 Å². The van der Waals surface area contributed by atoms with E-state index in [1.807, 2.05) is 0 Å². The molecule has 138 valence electrons. The summed E-state index contributed by atoms with van der Waals surface area (Å²) in [5, 5.41) is 3.05. The molecule has 2 aromatic carbocycles. The van der Waals surface area contributed by atoms with E-state index in [1.165, 1.54) is 17.8 Å². The number of ether oxygens (including phenoxy) is 1. The van der Waals surface area contributed by atoms with Gasteiger partial charge in [0, 0.05) is 15.7 Å². The molecule has 8 heteroatoms. The summed E-state index contributed by atoms with van der Waals surface area (Å²) in [6.07, 6.45) is -0.0745. The number of esters is 1. The van der Waals surface area contributed by atoms with Gasteiger partial charge >= 0.3 is 12.0 Å². The highest BCUT2D eigenvalue weighted by atomic mass is 35.5. The fourth-order valence-electron chi connectivity index (χ4n) is 2.21. The predicted molar refractivity (Wildman–Crippen MR) is 99.6 cm³/mol. The molecule has 0 saturated heterocycles. The van der Waals surface area contributed by atoms with E-state index in [-0.39, 0.29) is 18.8 Å². The maximum Gasteiger partial charge on any atom is 0.312 e. The number of nitrogens with one attached hydrogen (secondary N) is 1. The van der Waals surface area contributed by atoms with E-state index in [4.69, 9.17) is 22.1 Å². The largest absolute Gasteiger partial charge is 0.465 e. The third-order valence-electron chi connectivity index (χ3n) is 3.40. The minimum absolute atomic E-state index is 0.0745. The molecule has 2 aromatic rings. The second-order valence-electron chi connectivity index (χ2n) is 5.32. The summed E-state index contributed by atoms with van der Waals surface area (Å²) in [5.41, 5.74) is 5.86. The fraction of sp³-hybridized carbons (Fsp3) is 0.222. The number of hydrogen-bond donors (Lipinski definition) is 2. The molecule has 0 radical (unpaired) electrons. The standard InChI is InChI=1S/C18H18ClFN2O3S/c19-13-7-5-12(6-8-13)15(22-18(21)24)11-17(23)25-9-10-26-16-4-2-1-3-14(16)20/h1-8,15H,9-11H2,(H3,21,22,24)/t15-/m0/s1. The van der Waals surface area contributed by atoms with Crippen molar-refractivity contribution in [3.63, 3.8) is 0 Å². The van der Waals surface area contributed by atoms with Crippen molar-refractivity contribution in [2.24, 2.45) is 5.73 Å². The average molecular weight is 397 g/mol. The van der Waals surface area contributed by atoms with Gasteiger partial charge in [0.25, 0.3) is 0 Å². The molecule has 0 aliphatic rings. The molecule has 2 amide bonds. The second kappa shape index (κ2) is 10.0. The number of amides is 2. The third-order valence-corrected chi connectivity index (χ3v) is 4.67. The quantitative estimate of drug-likeness (QED) is 0.402. The summed E-state index contributed by atoms with van der Waals surface area (Å²) in [6.45, 7) is 0.127. The number of urea groups is 1. The van der Waals surface area contributed by atoms with Gasteiger partial charge in [-0.15, -0.1) is 11.8 Å². The number of halogens is 2. The molecule has 0 aliphatic carbocycles. The Bertz CT molecular complexity index is 758. The highest BCUT2D eigenvalue weighted by molar-refractivity contribution is 7.99. The van der Waals surface area contributed by atoms with Gasteiger partial charge in [0.2, 0.25) is 0 Å². The summed E-state index contributed by atoms with van der Waals surface area (Å²) in [5.74, 6) is -0.383. The zero-order valence-electron chi connectivity index (χ0n) is 13.8. The zero-order chi connectivity index (χ0) is 18.9. The molecular weight excluding hydrogens is 379 g/mol. The molecule has 0 bridgehead atoms. The summed E-state index contributed by atoms with van der Waals surface area (Å²) in [4.78, 5) is 23.7. The van der Waals surface area contributed by atoms with Crippen LogP contribution in [-0.2, 0) is 9.53 Å². The highest BCUT2D eigenvalue weighted by Gasteiger charge is 2.18. The molecule has 26 heavy (non-hydrogen) atoms. The summed E-state index contributed by atoms with van der Waals surface area (Å²) >= 11 is 7.10. The highest BCUT2D eigenvalue weighted by Crippen LogP contribution is 2.22. The molecule has 3 N–H and O–H groups in total. The molecule has 0 unspecified atom stereocenters. The Morgan fingerprint density at radius 2 is 1.88 bits per heavy atom. The Kier molecular flexibility index (Phi) is 7.74. The van der Waals surface area contributed by atoms with Crippen molar-refractivity contribution in [3.8, 4) is 0 Å². The first-order valence-electron chi connectivity index (χ1n) is 7.80. The van der Waals surface area contributed by atoms with Gasteiger partial charge in [0.1, 0.15) is 12.4 Å². The molecular formula is C18H18ClFN2O3S. The lowest BCUT2D eigenvalue weighted by molar-refractivity contribution is -0.143. The first-order valence-corrected chi connectivity index (χ1v) is 9.16. The number of nitrogens with two attached hydrogens (primary N) is 1. The van der Waals surface area contributed by atoms with E-state index in [1.54, 1.807) is 42.5 Å². The van der Waals surface area contributed by atoms with Gasteiger partial charge in [-0.1, -0.05) is 35.9 Å². The molecule has 0 saturated carbocycles. The third kappa shape index (κ3) is 6.57. The number of benzene rings is 2. The van der Waals surface area contributed by atoms with Crippen LogP contribution < -0.4 is 11.1 Å². The van der Waals surface area contributed by atoms with Crippen LogP contribution in [0, 0.1) is 5.82 Å². The van der Waals surface area contributed by atoms with E-state index in [9.17, 15) is 14.0 Å². The molecule has 0 aliphatic heterocycles. The van der Waals surface area contributed by atoms with Gasteiger partial charge in [-0.3, -0.25) is 4.79 Å². The Morgan fingerprint density at radius 1 is 1.19 bits per heavy atom.